The average Bonchev–Trinajstić information content (AvgIpc) is 3.11. The van der Waals surface area contributed by atoms with E-state index in [4.69, 9.17) is 9.90 Å². The van der Waals surface area contributed by atoms with Crippen molar-refractivity contribution in [3.8, 4) is 0 Å². The summed E-state index contributed by atoms with van der Waals surface area (Å²) in [7, 11) is -3.56. The number of hydrogen-bond donors (Lipinski definition) is 1. The van der Waals surface area contributed by atoms with Gasteiger partial charge < -0.3 is 5.11 Å². The van der Waals surface area contributed by atoms with E-state index in [2.05, 4.69) is 11.0 Å². The number of aromatic nitrogens is 1. The van der Waals surface area contributed by atoms with Crippen molar-refractivity contribution in [1.29, 1.82) is 0 Å². The van der Waals surface area contributed by atoms with Gasteiger partial charge in [0.2, 0.25) is 0 Å². The Bertz CT molecular complexity index is 1140. The normalized spacial score (nSPS) is 14.6. The zero-order chi connectivity index (χ0) is 21.9. The molecule has 0 unspecified atom stereocenters. The van der Waals surface area contributed by atoms with Gasteiger partial charge in [0.05, 0.1) is 10.4 Å². The van der Waals surface area contributed by atoms with Crippen molar-refractivity contribution in [3.05, 3.63) is 66.4 Å². The summed E-state index contributed by atoms with van der Waals surface area (Å²) < 4.78 is 58.8. The van der Waals surface area contributed by atoms with E-state index in [1.165, 1.54) is 16.0 Å². The van der Waals surface area contributed by atoms with Crippen molar-refractivity contribution in [2.24, 2.45) is 0 Å². The van der Waals surface area contributed by atoms with Crippen molar-refractivity contribution in [1.82, 2.24) is 8.87 Å². The number of aliphatic carboxylic acids is 1. The molecular formula is C20H19F3N2O4S. The van der Waals surface area contributed by atoms with Gasteiger partial charge in [-0.2, -0.15) is 13.2 Å². The molecule has 0 atom stereocenters. The van der Waals surface area contributed by atoms with Crippen molar-refractivity contribution < 1.29 is 31.5 Å². The first kappa shape index (κ1) is 21.8. The quantitative estimate of drug-likeness (QED) is 0.669. The fourth-order valence-corrected chi connectivity index (χ4v) is 4.41. The number of hydrogen-bond acceptors (Lipinski definition) is 4. The Kier molecular flexibility index (Phi) is 6.18. The first-order valence-electron chi connectivity index (χ1n) is 9.03. The molecule has 1 fully saturated rings. The number of nitrogens with zero attached hydrogens (tertiary/aromatic N) is 2. The first-order valence-corrected chi connectivity index (χ1v) is 10.5. The molecule has 160 valence electrons. The maximum Gasteiger partial charge on any atom is 0.490 e. The second-order valence-electron chi connectivity index (χ2n) is 6.71. The number of carboxylic acids is 1. The second kappa shape index (κ2) is 8.49. The lowest BCUT2D eigenvalue weighted by atomic mass is 10.1. The molecule has 1 aliphatic heterocycles. The van der Waals surface area contributed by atoms with Gasteiger partial charge >= 0.3 is 12.1 Å². The minimum absolute atomic E-state index is 0.311. The first-order chi connectivity index (χ1) is 14.1. The summed E-state index contributed by atoms with van der Waals surface area (Å²) >= 11 is 0. The Morgan fingerprint density at radius 3 is 2.17 bits per heavy atom. The van der Waals surface area contributed by atoms with Crippen LogP contribution in [0.1, 0.15) is 12.0 Å². The Labute approximate surface area is 171 Å². The van der Waals surface area contributed by atoms with E-state index in [-0.39, 0.29) is 0 Å². The molecule has 0 radical (unpaired) electrons. The van der Waals surface area contributed by atoms with E-state index in [0.717, 1.165) is 30.5 Å². The van der Waals surface area contributed by atoms with Crippen LogP contribution in [0, 0.1) is 0 Å². The van der Waals surface area contributed by atoms with Crippen molar-refractivity contribution >= 4 is 26.9 Å². The van der Waals surface area contributed by atoms with Crippen LogP contribution in [0.2, 0.25) is 0 Å². The molecule has 0 amide bonds. The van der Waals surface area contributed by atoms with Gasteiger partial charge in [0.15, 0.2) is 0 Å². The van der Waals surface area contributed by atoms with Gasteiger partial charge in [-0.15, -0.1) is 0 Å². The summed E-state index contributed by atoms with van der Waals surface area (Å²) in [5.41, 5.74) is 1.93. The van der Waals surface area contributed by atoms with Crippen molar-refractivity contribution in [2.45, 2.75) is 24.0 Å². The molecular weight excluding hydrogens is 421 g/mol. The molecule has 3 aromatic rings. The molecule has 0 spiro atoms. The summed E-state index contributed by atoms with van der Waals surface area (Å²) in [6.45, 7) is 3.13. The molecule has 4 rings (SSSR count). The highest BCUT2D eigenvalue weighted by Gasteiger charge is 2.38. The number of carboxylic acid groups (broad SMARTS) is 1. The Balaban J connectivity index is 0.000000318. The highest BCUT2D eigenvalue weighted by molar-refractivity contribution is 7.90. The average molecular weight is 440 g/mol. The maximum atomic E-state index is 12.9. The minimum atomic E-state index is -5.08. The van der Waals surface area contributed by atoms with Crippen LogP contribution in [0.15, 0.2) is 65.7 Å². The smallest absolute Gasteiger partial charge is 0.475 e. The van der Waals surface area contributed by atoms with Gasteiger partial charge in [0.25, 0.3) is 10.0 Å². The number of fused-ring (bicyclic) bond motifs is 1. The zero-order valence-electron chi connectivity index (χ0n) is 15.7. The van der Waals surface area contributed by atoms with Gasteiger partial charge in [-0.3, -0.25) is 4.90 Å². The van der Waals surface area contributed by atoms with E-state index in [9.17, 15) is 21.6 Å². The standard InChI is InChI=1S/C18H18N2O2S.C2HF3O2/c21-23(22,16-7-2-1-3-8-16)20-13-10-17-15(6-4-9-18(17)20)14-19-11-5-12-19;3-2(4,5)1(6)7/h1-4,6-10,13H,5,11-12,14H2;(H,6,7). The number of carbonyl (C=O) groups is 1. The predicted octanol–water partition coefficient (Wildman–Crippen LogP) is 3.72. The van der Waals surface area contributed by atoms with Crippen LogP contribution < -0.4 is 0 Å². The highest BCUT2D eigenvalue weighted by Crippen LogP contribution is 2.26. The molecule has 10 heteroatoms. The minimum Gasteiger partial charge on any atom is -0.475 e. The molecule has 0 aliphatic carbocycles. The largest absolute Gasteiger partial charge is 0.490 e. The summed E-state index contributed by atoms with van der Waals surface area (Å²) in [6, 6.07) is 16.4. The lowest BCUT2D eigenvalue weighted by Crippen LogP contribution is -2.36. The van der Waals surface area contributed by atoms with Crippen LogP contribution in [0.5, 0.6) is 0 Å². The van der Waals surface area contributed by atoms with Crippen LogP contribution >= 0.6 is 0 Å². The predicted molar refractivity (Wildman–Crippen MR) is 105 cm³/mol. The van der Waals surface area contributed by atoms with E-state index in [1.807, 2.05) is 24.3 Å². The third-order valence-corrected chi connectivity index (χ3v) is 6.38. The number of benzene rings is 2. The summed E-state index contributed by atoms with van der Waals surface area (Å²) in [6.07, 6.45) is -2.17. The van der Waals surface area contributed by atoms with Crippen LogP contribution in [0.4, 0.5) is 13.2 Å². The third kappa shape index (κ3) is 4.65. The molecule has 0 bridgehead atoms. The number of likely N-dealkylation sites (tertiary alicyclic amines) is 1. The van der Waals surface area contributed by atoms with E-state index in [0.29, 0.717) is 4.90 Å². The van der Waals surface area contributed by atoms with Crippen molar-refractivity contribution in [3.63, 3.8) is 0 Å². The van der Waals surface area contributed by atoms with E-state index in [1.54, 1.807) is 30.5 Å². The molecule has 1 aromatic heterocycles. The fourth-order valence-electron chi connectivity index (χ4n) is 3.04. The zero-order valence-corrected chi connectivity index (χ0v) is 16.5. The third-order valence-electron chi connectivity index (χ3n) is 4.67. The van der Waals surface area contributed by atoms with Gasteiger partial charge in [0, 0.05) is 18.1 Å². The van der Waals surface area contributed by atoms with E-state index < -0.39 is 22.2 Å². The van der Waals surface area contributed by atoms with E-state index >= 15 is 0 Å². The fraction of sp³-hybridized carbons (Fsp3) is 0.250. The van der Waals surface area contributed by atoms with Gasteiger partial charge in [-0.1, -0.05) is 30.3 Å². The van der Waals surface area contributed by atoms with Crippen LogP contribution in [-0.2, 0) is 21.4 Å². The molecule has 1 saturated heterocycles. The lowest BCUT2D eigenvalue weighted by molar-refractivity contribution is -0.192. The molecule has 30 heavy (non-hydrogen) atoms. The van der Waals surface area contributed by atoms with Crippen LogP contribution in [0.25, 0.3) is 10.9 Å². The Morgan fingerprint density at radius 1 is 1.00 bits per heavy atom. The van der Waals surface area contributed by atoms with Crippen LogP contribution in [-0.4, -0.2) is 47.6 Å². The van der Waals surface area contributed by atoms with Gasteiger partial charge in [0.1, 0.15) is 0 Å². The molecule has 1 N–H and O–H groups in total. The molecule has 0 saturated carbocycles. The second-order valence-corrected chi connectivity index (χ2v) is 8.53. The summed E-state index contributed by atoms with van der Waals surface area (Å²) in [5.74, 6) is -2.76. The molecule has 2 aromatic carbocycles. The topological polar surface area (TPSA) is 79.6 Å². The summed E-state index contributed by atoms with van der Waals surface area (Å²) in [4.78, 5) is 11.6. The maximum absolute atomic E-state index is 12.9. The summed E-state index contributed by atoms with van der Waals surface area (Å²) in [5, 5.41) is 8.14. The number of rotatable bonds is 4. The number of halogens is 3. The molecule has 1 aliphatic rings. The highest BCUT2D eigenvalue weighted by atomic mass is 32.2. The van der Waals surface area contributed by atoms with Crippen LogP contribution in [0.3, 0.4) is 0 Å². The SMILES string of the molecule is O=C(O)C(F)(F)F.O=S(=O)(c1ccccc1)n1ccc2c(CN3CCC3)cccc21. The monoisotopic (exact) mass is 440 g/mol. The molecule has 2 heterocycles. The lowest BCUT2D eigenvalue weighted by Gasteiger charge is -2.30. The molecule has 6 nitrogen and oxygen atoms in total. The van der Waals surface area contributed by atoms with Gasteiger partial charge in [-0.05, 0) is 49.3 Å². The Hall–Kier alpha value is -2.85. The van der Waals surface area contributed by atoms with Crippen molar-refractivity contribution in [2.75, 3.05) is 13.1 Å². The van der Waals surface area contributed by atoms with Gasteiger partial charge in [-0.25, -0.2) is 17.2 Å². The Morgan fingerprint density at radius 2 is 1.63 bits per heavy atom. The number of alkyl halides is 3.